The Kier molecular flexibility index (Phi) is 2.05. The van der Waals surface area contributed by atoms with Gasteiger partial charge in [0.25, 0.3) is 0 Å². The van der Waals surface area contributed by atoms with Crippen molar-refractivity contribution < 1.29 is 9.53 Å². The van der Waals surface area contributed by atoms with Gasteiger partial charge in [-0.3, -0.25) is 4.79 Å². The topological polar surface area (TPSA) is 29.5 Å². The molecule has 0 spiro atoms. The third-order valence-electron chi connectivity index (χ3n) is 1.42. The van der Waals surface area contributed by atoms with E-state index < -0.39 is 0 Å². The minimum absolute atomic E-state index is 0.212. The number of rotatable bonds is 1. The van der Waals surface area contributed by atoms with E-state index in [-0.39, 0.29) is 6.10 Å². The average molecular weight is 129 g/mol. The Labute approximate surface area is 54.6 Å². The summed E-state index contributed by atoms with van der Waals surface area (Å²) < 4.78 is 5.21. The van der Waals surface area contributed by atoms with Gasteiger partial charge in [0.15, 0.2) is 0 Å². The zero-order valence-electron chi connectivity index (χ0n) is 5.54. The Morgan fingerprint density at radius 2 is 2.56 bits per heavy atom. The van der Waals surface area contributed by atoms with Crippen molar-refractivity contribution in [1.29, 1.82) is 0 Å². The van der Waals surface area contributed by atoms with Gasteiger partial charge in [-0.15, -0.1) is 0 Å². The van der Waals surface area contributed by atoms with Gasteiger partial charge in [0.2, 0.25) is 6.41 Å². The predicted molar refractivity (Wildman–Crippen MR) is 33.1 cm³/mol. The van der Waals surface area contributed by atoms with Crippen molar-refractivity contribution in [3.05, 3.63) is 0 Å². The second-order valence-electron chi connectivity index (χ2n) is 2.28. The Morgan fingerprint density at radius 1 is 1.78 bits per heavy atom. The van der Waals surface area contributed by atoms with Gasteiger partial charge in [-0.2, -0.15) is 0 Å². The van der Waals surface area contributed by atoms with Crippen LogP contribution in [0.15, 0.2) is 0 Å². The summed E-state index contributed by atoms with van der Waals surface area (Å²) in [6, 6.07) is 0. The van der Waals surface area contributed by atoms with Crippen molar-refractivity contribution in [1.82, 2.24) is 4.90 Å². The normalized spacial score (nSPS) is 28.1. The van der Waals surface area contributed by atoms with Crippen LogP contribution in [0.1, 0.15) is 6.92 Å². The minimum Gasteiger partial charge on any atom is -0.375 e. The van der Waals surface area contributed by atoms with E-state index in [0.717, 1.165) is 19.5 Å². The molecule has 0 radical (unpaired) electrons. The molecule has 52 valence electrons. The summed E-state index contributed by atoms with van der Waals surface area (Å²) in [5.74, 6) is 0. The molecule has 1 saturated heterocycles. The van der Waals surface area contributed by atoms with E-state index in [0.29, 0.717) is 6.61 Å². The summed E-state index contributed by atoms with van der Waals surface area (Å²) in [4.78, 5) is 11.9. The van der Waals surface area contributed by atoms with Crippen LogP contribution in [0.3, 0.4) is 0 Å². The lowest BCUT2D eigenvalue weighted by Crippen LogP contribution is -2.39. The van der Waals surface area contributed by atoms with Crippen LogP contribution < -0.4 is 0 Å². The molecule has 1 heterocycles. The maximum absolute atomic E-state index is 10.2. The zero-order chi connectivity index (χ0) is 6.69. The quantitative estimate of drug-likeness (QED) is 0.461. The molecule has 0 aliphatic carbocycles. The zero-order valence-corrected chi connectivity index (χ0v) is 5.54. The first-order valence-electron chi connectivity index (χ1n) is 3.14. The van der Waals surface area contributed by atoms with Crippen molar-refractivity contribution in [3.8, 4) is 0 Å². The molecule has 1 fully saturated rings. The number of carbonyl (C=O) groups excluding carboxylic acids is 1. The van der Waals surface area contributed by atoms with Gasteiger partial charge >= 0.3 is 0 Å². The fraction of sp³-hybridized carbons (Fsp3) is 0.833. The van der Waals surface area contributed by atoms with Crippen LogP contribution in [0.5, 0.6) is 0 Å². The van der Waals surface area contributed by atoms with Gasteiger partial charge in [-0.05, 0) is 6.92 Å². The molecule has 0 bridgehead atoms. The average Bonchev–Trinajstić information content (AvgIpc) is 1.88. The number of ether oxygens (including phenoxy) is 1. The number of nitrogens with zero attached hydrogens (tertiary/aromatic N) is 1. The largest absolute Gasteiger partial charge is 0.375 e. The fourth-order valence-corrected chi connectivity index (χ4v) is 0.941. The van der Waals surface area contributed by atoms with Crippen LogP contribution in [0.2, 0.25) is 0 Å². The van der Waals surface area contributed by atoms with Crippen LogP contribution in [0.25, 0.3) is 0 Å². The molecule has 0 aromatic heterocycles. The van der Waals surface area contributed by atoms with Gasteiger partial charge in [-0.25, -0.2) is 0 Å². The Morgan fingerprint density at radius 3 is 3.00 bits per heavy atom. The van der Waals surface area contributed by atoms with E-state index >= 15 is 0 Å². The van der Waals surface area contributed by atoms with Crippen molar-refractivity contribution in [2.45, 2.75) is 13.0 Å². The minimum atomic E-state index is 0.212. The standard InChI is InChI=1S/C6H11NO2/c1-6-4-7(5-8)2-3-9-6/h5-6H,2-4H2,1H3. The van der Waals surface area contributed by atoms with Crippen molar-refractivity contribution in [3.63, 3.8) is 0 Å². The highest BCUT2D eigenvalue weighted by atomic mass is 16.5. The highest BCUT2D eigenvalue weighted by molar-refractivity contribution is 5.47. The maximum atomic E-state index is 10.2. The molecule has 0 aromatic carbocycles. The van der Waals surface area contributed by atoms with E-state index in [1.807, 2.05) is 6.92 Å². The van der Waals surface area contributed by atoms with Crippen LogP contribution >= 0.6 is 0 Å². The summed E-state index contributed by atoms with van der Waals surface area (Å²) in [7, 11) is 0. The number of hydrogen-bond donors (Lipinski definition) is 0. The number of morpholine rings is 1. The second kappa shape index (κ2) is 2.82. The maximum Gasteiger partial charge on any atom is 0.209 e. The van der Waals surface area contributed by atoms with Crippen molar-refractivity contribution in [2.24, 2.45) is 0 Å². The molecule has 1 rings (SSSR count). The van der Waals surface area contributed by atoms with Crippen LogP contribution in [0.4, 0.5) is 0 Å². The van der Waals surface area contributed by atoms with Crippen LogP contribution in [0, 0.1) is 0 Å². The third kappa shape index (κ3) is 1.68. The van der Waals surface area contributed by atoms with Crippen molar-refractivity contribution in [2.75, 3.05) is 19.7 Å². The Balaban J connectivity index is 2.31. The molecule has 3 nitrogen and oxygen atoms in total. The summed E-state index contributed by atoms with van der Waals surface area (Å²) in [6.45, 7) is 4.13. The lowest BCUT2D eigenvalue weighted by atomic mass is 10.3. The van der Waals surface area contributed by atoms with E-state index in [1.54, 1.807) is 4.90 Å². The molecular weight excluding hydrogens is 118 g/mol. The first-order valence-corrected chi connectivity index (χ1v) is 3.14. The molecule has 1 aliphatic heterocycles. The summed E-state index contributed by atoms with van der Waals surface area (Å²) in [6.07, 6.45) is 1.09. The van der Waals surface area contributed by atoms with E-state index in [9.17, 15) is 4.79 Å². The van der Waals surface area contributed by atoms with Gasteiger partial charge in [0, 0.05) is 13.1 Å². The molecule has 1 aliphatic rings. The molecule has 3 heteroatoms. The van der Waals surface area contributed by atoms with Gasteiger partial charge in [0.1, 0.15) is 0 Å². The van der Waals surface area contributed by atoms with E-state index in [1.165, 1.54) is 0 Å². The van der Waals surface area contributed by atoms with E-state index in [2.05, 4.69) is 0 Å². The highest BCUT2D eigenvalue weighted by Crippen LogP contribution is 2.00. The van der Waals surface area contributed by atoms with Gasteiger partial charge in [-0.1, -0.05) is 0 Å². The van der Waals surface area contributed by atoms with Crippen LogP contribution in [-0.4, -0.2) is 37.1 Å². The number of carbonyl (C=O) groups is 1. The molecule has 1 amide bonds. The Hall–Kier alpha value is -0.570. The van der Waals surface area contributed by atoms with Gasteiger partial charge < -0.3 is 9.64 Å². The molecule has 0 saturated carbocycles. The van der Waals surface area contributed by atoms with Gasteiger partial charge in [0.05, 0.1) is 12.7 Å². The number of hydrogen-bond acceptors (Lipinski definition) is 2. The van der Waals surface area contributed by atoms with Crippen LogP contribution in [-0.2, 0) is 9.53 Å². The Bertz CT molecular complexity index is 105. The summed E-state index contributed by atoms with van der Waals surface area (Å²) in [5, 5.41) is 0. The summed E-state index contributed by atoms with van der Waals surface area (Å²) >= 11 is 0. The molecule has 0 N–H and O–H groups in total. The third-order valence-corrected chi connectivity index (χ3v) is 1.42. The first-order chi connectivity index (χ1) is 4.33. The molecule has 1 atom stereocenters. The molecule has 9 heavy (non-hydrogen) atoms. The summed E-state index contributed by atoms with van der Waals surface area (Å²) in [5.41, 5.74) is 0. The monoisotopic (exact) mass is 129 g/mol. The smallest absolute Gasteiger partial charge is 0.209 e. The van der Waals surface area contributed by atoms with E-state index in [4.69, 9.17) is 4.74 Å². The highest BCUT2D eigenvalue weighted by Gasteiger charge is 2.13. The fourth-order valence-electron chi connectivity index (χ4n) is 0.941. The lowest BCUT2D eigenvalue weighted by Gasteiger charge is -2.27. The number of amides is 1. The predicted octanol–water partition coefficient (Wildman–Crippen LogP) is -0.137. The molecular formula is C6H11NO2. The molecule has 1 unspecified atom stereocenters. The molecule has 0 aromatic rings. The lowest BCUT2D eigenvalue weighted by molar-refractivity contribution is -0.124. The SMILES string of the molecule is CC1CN(C=O)CCO1. The van der Waals surface area contributed by atoms with Crippen molar-refractivity contribution >= 4 is 6.41 Å². The second-order valence-corrected chi connectivity index (χ2v) is 2.28. The first kappa shape index (κ1) is 6.55.